The summed E-state index contributed by atoms with van der Waals surface area (Å²) in [5.74, 6) is -0.500. The van der Waals surface area contributed by atoms with Crippen molar-refractivity contribution < 1.29 is 4.42 Å². The fourth-order valence-electron chi connectivity index (χ4n) is 1.02. The van der Waals surface area contributed by atoms with E-state index in [1.807, 2.05) is 6.07 Å². The highest BCUT2D eigenvalue weighted by molar-refractivity contribution is 5.73. The summed E-state index contributed by atoms with van der Waals surface area (Å²) in [4.78, 5) is 13.1. The van der Waals surface area contributed by atoms with Gasteiger partial charge < -0.3 is 4.42 Å². The van der Waals surface area contributed by atoms with Gasteiger partial charge in [-0.3, -0.25) is 4.98 Å². The summed E-state index contributed by atoms with van der Waals surface area (Å²) in [6, 6.07) is 6.72. The normalized spacial score (nSPS) is 9.92. The van der Waals surface area contributed by atoms with Crippen LogP contribution in [0.15, 0.2) is 27.4 Å². The molecule has 2 rings (SSSR count). The van der Waals surface area contributed by atoms with E-state index in [1.54, 1.807) is 18.2 Å². The lowest BCUT2D eigenvalue weighted by molar-refractivity contribution is 0.555. The number of benzene rings is 1. The Morgan fingerprint density at radius 3 is 3.08 bits per heavy atom. The van der Waals surface area contributed by atoms with Crippen molar-refractivity contribution in [3.8, 4) is 6.07 Å². The Morgan fingerprint density at radius 2 is 2.33 bits per heavy atom. The van der Waals surface area contributed by atoms with Gasteiger partial charge in [-0.25, -0.2) is 4.79 Å². The number of nitrogens with zero attached hydrogens (tertiary/aromatic N) is 1. The lowest BCUT2D eigenvalue weighted by Crippen LogP contribution is -1.92. The minimum atomic E-state index is -0.500. The fraction of sp³-hybridized carbons (Fsp3) is 0. The zero-order chi connectivity index (χ0) is 8.55. The van der Waals surface area contributed by atoms with E-state index in [9.17, 15) is 4.79 Å². The van der Waals surface area contributed by atoms with Crippen molar-refractivity contribution in [1.82, 2.24) is 4.98 Å². The molecule has 0 aliphatic carbocycles. The second kappa shape index (κ2) is 2.24. The van der Waals surface area contributed by atoms with Crippen LogP contribution in [0.2, 0.25) is 0 Å². The summed E-state index contributed by atoms with van der Waals surface area (Å²) in [6.45, 7) is 0. The minimum absolute atomic E-state index is 0.471. The Hall–Kier alpha value is -2.02. The molecule has 0 fully saturated rings. The highest BCUT2D eigenvalue weighted by Gasteiger charge is 2.00. The number of nitriles is 1. The fourth-order valence-corrected chi connectivity index (χ4v) is 1.02. The Labute approximate surface area is 67.0 Å². The molecule has 0 amide bonds. The predicted molar refractivity (Wildman–Crippen MR) is 41.5 cm³/mol. The van der Waals surface area contributed by atoms with Gasteiger partial charge in [-0.05, 0) is 18.2 Å². The minimum Gasteiger partial charge on any atom is -0.408 e. The molecule has 4 nitrogen and oxygen atoms in total. The predicted octanol–water partition coefficient (Wildman–Crippen LogP) is 0.993. The molecular formula is C8H4N2O2. The van der Waals surface area contributed by atoms with Crippen molar-refractivity contribution in [3.05, 3.63) is 34.3 Å². The van der Waals surface area contributed by atoms with E-state index in [4.69, 9.17) is 9.68 Å². The maximum atomic E-state index is 10.7. The molecule has 1 N–H and O–H groups in total. The molecule has 0 spiro atoms. The molecule has 0 aliphatic rings. The first-order valence-corrected chi connectivity index (χ1v) is 3.32. The van der Waals surface area contributed by atoms with Crippen molar-refractivity contribution in [2.75, 3.05) is 0 Å². The van der Waals surface area contributed by atoms with E-state index in [0.717, 1.165) is 0 Å². The lowest BCUT2D eigenvalue weighted by atomic mass is 10.2. The van der Waals surface area contributed by atoms with Gasteiger partial charge in [-0.15, -0.1) is 0 Å². The third kappa shape index (κ3) is 0.883. The molecule has 0 saturated heterocycles. The van der Waals surface area contributed by atoms with Crippen LogP contribution in [0, 0.1) is 11.3 Å². The van der Waals surface area contributed by atoms with Crippen molar-refractivity contribution in [2.45, 2.75) is 0 Å². The number of hydrogen-bond acceptors (Lipinski definition) is 3. The van der Waals surface area contributed by atoms with E-state index in [0.29, 0.717) is 16.7 Å². The second-order valence-corrected chi connectivity index (χ2v) is 2.34. The molecular weight excluding hydrogens is 156 g/mol. The van der Waals surface area contributed by atoms with E-state index in [2.05, 4.69) is 4.98 Å². The van der Waals surface area contributed by atoms with Crippen LogP contribution in [0.3, 0.4) is 0 Å². The van der Waals surface area contributed by atoms with Gasteiger partial charge in [0.05, 0.1) is 17.1 Å². The zero-order valence-electron chi connectivity index (χ0n) is 6.00. The molecule has 1 heterocycles. The average molecular weight is 160 g/mol. The van der Waals surface area contributed by atoms with Crippen molar-refractivity contribution in [3.63, 3.8) is 0 Å². The molecule has 0 atom stereocenters. The number of nitrogens with one attached hydrogen (secondary N) is 1. The third-order valence-electron chi connectivity index (χ3n) is 1.55. The molecule has 0 bridgehead atoms. The van der Waals surface area contributed by atoms with Crippen LogP contribution in [0.1, 0.15) is 5.56 Å². The van der Waals surface area contributed by atoms with Gasteiger partial charge in [0.15, 0.2) is 5.58 Å². The van der Waals surface area contributed by atoms with E-state index in [-0.39, 0.29) is 0 Å². The number of aromatic amines is 1. The topological polar surface area (TPSA) is 69.8 Å². The Bertz CT molecular complexity index is 516. The summed E-state index contributed by atoms with van der Waals surface area (Å²) in [6.07, 6.45) is 0. The van der Waals surface area contributed by atoms with Crippen molar-refractivity contribution in [2.24, 2.45) is 0 Å². The van der Waals surface area contributed by atoms with Crippen LogP contribution in [0.25, 0.3) is 11.1 Å². The van der Waals surface area contributed by atoms with Crippen molar-refractivity contribution >= 4 is 11.1 Å². The Morgan fingerprint density at radius 1 is 1.50 bits per heavy atom. The van der Waals surface area contributed by atoms with Crippen LogP contribution in [0.4, 0.5) is 0 Å². The monoisotopic (exact) mass is 160 g/mol. The molecule has 12 heavy (non-hydrogen) atoms. The van der Waals surface area contributed by atoms with Crippen LogP contribution >= 0.6 is 0 Å². The first kappa shape index (κ1) is 6.68. The Kier molecular flexibility index (Phi) is 1.25. The molecule has 0 saturated carbocycles. The number of fused-ring (bicyclic) bond motifs is 1. The SMILES string of the molecule is N#Cc1ccc2oc(=O)[nH]c2c1. The summed E-state index contributed by atoms with van der Waals surface area (Å²) >= 11 is 0. The van der Waals surface area contributed by atoms with Gasteiger partial charge in [-0.1, -0.05) is 0 Å². The number of hydrogen-bond donors (Lipinski definition) is 1. The number of aromatic nitrogens is 1. The first-order valence-electron chi connectivity index (χ1n) is 3.32. The molecule has 4 heteroatoms. The lowest BCUT2D eigenvalue weighted by Gasteiger charge is -1.85. The van der Waals surface area contributed by atoms with Gasteiger partial charge in [0.2, 0.25) is 0 Å². The van der Waals surface area contributed by atoms with Gasteiger partial charge in [0.25, 0.3) is 0 Å². The maximum Gasteiger partial charge on any atom is 0.417 e. The third-order valence-corrected chi connectivity index (χ3v) is 1.55. The number of oxazole rings is 1. The summed E-state index contributed by atoms with van der Waals surface area (Å²) in [5.41, 5.74) is 1.53. The molecule has 1 aromatic heterocycles. The molecule has 2 aromatic rings. The van der Waals surface area contributed by atoms with Gasteiger partial charge in [0, 0.05) is 0 Å². The van der Waals surface area contributed by atoms with Gasteiger partial charge in [0.1, 0.15) is 0 Å². The highest BCUT2D eigenvalue weighted by Crippen LogP contribution is 2.10. The van der Waals surface area contributed by atoms with E-state index in [1.165, 1.54) is 0 Å². The van der Waals surface area contributed by atoms with Gasteiger partial charge in [-0.2, -0.15) is 5.26 Å². The molecule has 1 aromatic carbocycles. The number of H-pyrrole nitrogens is 1. The van der Waals surface area contributed by atoms with Crippen molar-refractivity contribution in [1.29, 1.82) is 5.26 Å². The molecule has 58 valence electrons. The summed E-state index contributed by atoms with van der Waals surface area (Å²) < 4.78 is 4.75. The summed E-state index contributed by atoms with van der Waals surface area (Å²) in [5, 5.41) is 8.53. The van der Waals surface area contributed by atoms with Crippen LogP contribution < -0.4 is 5.76 Å². The molecule has 0 radical (unpaired) electrons. The maximum absolute atomic E-state index is 10.7. The first-order chi connectivity index (χ1) is 5.79. The smallest absolute Gasteiger partial charge is 0.408 e. The number of rotatable bonds is 0. The highest BCUT2D eigenvalue weighted by atomic mass is 16.4. The van der Waals surface area contributed by atoms with Crippen LogP contribution in [-0.4, -0.2) is 4.98 Å². The Balaban J connectivity index is 2.85. The molecule has 0 unspecified atom stereocenters. The zero-order valence-corrected chi connectivity index (χ0v) is 6.00. The van der Waals surface area contributed by atoms with E-state index < -0.39 is 5.76 Å². The van der Waals surface area contributed by atoms with Crippen LogP contribution in [0.5, 0.6) is 0 Å². The summed E-state index contributed by atoms with van der Waals surface area (Å²) in [7, 11) is 0. The van der Waals surface area contributed by atoms with E-state index >= 15 is 0 Å². The standard InChI is InChI=1S/C8H4N2O2/c9-4-5-1-2-7-6(3-5)10-8(11)12-7/h1-3H,(H,10,11). The van der Waals surface area contributed by atoms with Crippen LogP contribution in [-0.2, 0) is 0 Å². The molecule has 0 aliphatic heterocycles. The van der Waals surface area contributed by atoms with Gasteiger partial charge >= 0.3 is 5.76 Å². The average Bonchev–Trinajstić information content (AvgIpc) is 2.43. The largest absolute Gasteiger partial charge is 0.417 e. The second-order valence-electron chi connectivity index (χ2n) is 2.34. The quantitative estimate of drug-likeness (QED) is 0.624.